The quantitative estimate of drug-likeness (QED) is 0.0546. The summed E-state index contributed by atoms with van der Waals surface area (Å²) in [5, 5.41) is 0.371. The van der Waals surface area contributed by atoms with Gasteiger partial charge in [-0.15, -0.1) is 0 Å². The number of hydrogen-bond donors (Lipinski definition) is 0. The summed E-state index contributed by atoms with van der Waals surface area (Å²) < 4.78 is 12.1. The molecule has 0 N–H and O–H groups in total. The Balaban J connectivity index is 4.38. The number of allylic oxidation sites excluding steroid dienone is 1. The van der Waals surface area contributed by atoms with Crippen LogP contribution in [0.2, 0.25) is 43.8 Å². The normalized spacial score (nSPS) is 13.7. The first-order valence-corrected chi connectivity index (χ1v) is 22.9. The molecule has 0 amide bonds. The van der Waals surface area contributed by atoms with Crippen LogP contribution in [-0.4, -0.2) is 45.9 Å². The minimum atomic E-state index is -2.03. The van der Waals surface area contributed by atoms with Crippen LogP contribution >= 0.6 is 11.8 Å². The van der Waals surface area contributed by atoms with Gasteiger partial charge in [0.05, 0.1) is 19.1 Å². The molecular formula is C31H62O4SSi2. The van der Waals surface area contributed by atoms with E-state index >= 15 is 0 Å². The Bertz CT molecular complexity index is 666. The Kier molecular flexibility index (Phi) is 20.3. The fourth-order valence-corrected chi connectivity index (χ4v) is 6.47. The lowest BCUT2D eigenvalue weighted by atomic mass is 10.1. The molecule has 38 heavy (non-hydrogen) atoms. The van der Waals surface area contributed by atoms with Crippen molar-refractivity contribution in [2.45, 2.75) is 161 Å². The Hall–Kier alpha value is -0.376. The predicted molar refractivity (Wildman–Crippen MR) is 173 cm³/mol. The number of esters is 1. The van der Waals surface area contributed by atoms with E-state index in [9.17, 15) is 9.59 Å². The van der Waals surface area contributed by atoms with Crippen molar-refractivity contribution in [2.75, 3.05) is 12.4 Å². The highest BCUT2D eigenvalue weighted by molar-refractivity contribution is 8.13. The van der Waals surface area contributed by atoms with Gasteiger partial charge in [-0.05, 0) is 37.0 Å². The van der Waals surface area contributed by atoms with Gasteiger partial charge in [0.1, 0.15) is 0 Å². The third-order valence-electron chi connectivity index (χ3n) is 7.37. The standard InChI is InChI=1S/C31H62O4SSi2/c1-10-11-12-13-14-15-16-17-18-19-23-30(33)36-25-21-20-22-28(35-38(8,9)31(2,3)4)27-29(32)34-24-26-37(5,6)7/h20,22,28H,10-19,21,23-27H2,1-9H3/b22-20+/t28-/m1/s1. The first-order chi connectivity index (χ1) is 17.7. The lowest BCUT2D eigenvalue weighted by molar-refractivity contribution is -0.144. The van der Waals surface area contributed by atoms with Gasteiger partial charge in [0, 0.05) is 20.2 Å². The minimum absolute atomic E-state index is 0.0672. The summed E-state index contributed by atoms with van der Waals surface area (Å²) in [7, 11) is -3.26. The summed E-state index contributed by atoms with van der Waals surface area (Å²) in [6.07, 6.45) is 18.5. The van der Waals surface area contributed by atoms with Gasteiger partial charge in [-0.1, -0.05) is 129 Å². The minimum Gasteiger partial charge on any atom is -0.466 e. The van der Waals surface area contributed by atoms with Gasteiger partial charge < -0.3 is 9.16 Å². The number of carbonyl (C=O) groups is 2. The van der Waals surface area contributed by atoms with Gasteiger partial charge in [-0.2, -0.15) is 0 Å². The van der Waals surface area contributed by atoms with E-state index in [1.165, 1.54) is 69.5 Å². The van der Waals surface area contributed by atoms with Crippen molar-refractivity contribution in [1.29, 1.82) is 0 Å². The summed E-state index contributed by atoms with van der Waals surface area (Å²) >= 11 is 1.44. The van der Waals surface area contributed by atoms with Gasteiger partial charge >= 0.3 is 5.97 Å². The van der Waals surface area contributed by atoms with Crippen LogP contribution < -0.4 is 0 Å². The van der Waals surface area contributed by atoms with Crippen LogP contribution in [0.15, 0.2) is 12.2 Å². The van der Waals surface area contributed by atoms with Crippen LogP contribution in [-0.2, 0) is 18.8 Å². The molecule has 7 heteroatoms. The van der Waals surface area contributed by atoms with Crippen molar-refractivity contribution in [3.8, 4) is 0 Å². The zero-order valence-corrected chi connectivity index (χ0v) is 29.4. The molecule has 0 aromatic carbocycles. The highest BCUT2D eigenvalue weighted by atomic mass is 32.2. The average molecular weight is 587 g/mol. The van der Waals surface area contributed by atoms with Crippen LogP contribution in [0.5, 0.6) is 0 Å². The van der Waals surface area contributed by atoms with E-state index in [4.69, 9.17) is 9.16 Å². The van der Waals surface area contributed by atoms with E-state index in [0.717, 1.165) is 24.6 Å². The Morgan fingerprint density at radius 1 is 0.868 bits per heavy atom. The van der Waals surface area contributed by atoms with E-state index in [1.54, 1.807) is 0 Å². The zero-order chi connectivity index (χ0) is 29.1. The smallest absolute Gasteiger partial charge is 0.308 e. The van der Waals surface area contributed by atoms with Gasteiger partial charge in [-0.3, -0.25) is 9.59 Å². The molecule has 0 unspecified atom stereocenters. The molecule has 4 nitrogen and oxygen atoms in total. The number of hydrogen-bond acceptors (Lipinski definition) is 5. The van der Waals surface area contributed by atoms with E-state index in [2.05, 4.69) is 66.5 Å². The van der Waals surface area contributed by atoms with E-state index in [-0.39, 0.29) is 23.5 Å². The zero-order valence-electron chi connectivity index (χ0n) is 26.6. The highest BCUT2D eigenvalue weighted by Gasteiger charge is 2.39. The second kappa shape index (κ2) is 20.5. The fraction of sp³-hybridized carbons (Fsp3) is 0.871. The monoisotopic (exact) mass is 586 g/mol. The van der Waals surface area contributed by atoms with E-state index in [1.807, 2.05) is 6.08 Å². The molecule has 0 spiro atoms. The molecule has 0 rings (SSSR count). The van der Waals surface area contributed by atoms with Crippen molar-refractivity contribution in [3.63, 3.8) is 0 Å². The molecule has 0 saturated heterocycles. The summed E-state index contributed by atoms with van der Waals surface area (Å²) in [6, 6.07) is 0.979. The molecule has 0 aromatic rings. The predicted octanol–water partition coefficient (Wildman–Crippen LogP) is 10.2. The molecule has 224 valence electrons. The van der Waals surface area contributed by atoms with Crippen LogP contribution in [0.4, 0.5) is 0 Å². The van der Waals surface area contributed by atoms with Gasteiger partial charge in [0.25, 0.3) is 0 Å². The fourth-order valence-electron chi connectivity index (χ4n) is 3.72. The van der Waals surface area contributed by atoms with Crippen LogP contribution in [0.3, 0.4) is 0 Å². The molecule has 0 aliphatic rings. The summed E-state index contributed by atoms with van der Waals surface area (Å²) in [5.74, 6) is 0.596. The van der Waals surface area contributed by atoms with Crippen molar-refractivity contribution in [1.82, 2.24) is 0 Å². The van der Waals surface area contributed by atoms with Crippen molar-refractivity contribution in [2.24, 2.45) is 0 Å². The molecule has 0 fully saturated rings. The van der Waals surface area contributed by atoms with Gasteiger partial charge in [0.2, 0.25) is 0 Å². The second-order valence-electron chi connectivity index (χ2n) is 13.5. The molecule has 0 heterocycles. The van der Waals surface area contributed by atoms with Gasteiger partial charge in [0.15, 0.2) is 13.4 Å². The topological polar surface area (TPSA) is 52.6 Å². The third kappa shape index (κ3) is 21.4. The maximum absolute atomic E-state index is 12.5. The molecule has 1 atom stereocenters. The van der Waals surface area contributed by atoms with Crippen LogP contribution in [0, 0.1) is 0 Å². The van der Waals surface area contributed by atoms with E-state index < -0.39 is 16.4 Å². The highest BCUT2D eigenvalue weighted by Crippen LogP contribution is 2.37. The SMILES string of the molecule is CCCCCCCCCCCCC(=O)SCC/C=C/[C@H](CC(=O)OCC[Si](C)(C)C)O[Si](C)(C)C(C)(C)C. The first-order valence-electron chi connectivity index (χ1n) is 15.3. The van der Waals surface area contributed by atoms with Crippen molar-refractivity contribution in [3.05, 3.63) is 12.2 Å². The Morgan fingerprint density at radius 2 is 1.42 bits per heavy atom. The van der Waals surface area contributed by atoms with Crippen molar-refractivity contribution >= 4 is 39.2 Å². The first kappa shape index (κ1) is 37.6. The Labute approximate surface area is 243 Å². The molecule has 0 aliphatic heterocycles. The lowest BCUT2D eigenvalue weighted by Crippen LogP contribution is -2.44. The molecule has 0 radical (unpaired) electrons. The Morgan fingerprint density at radius 3 is 1.95 bits per heavy atom. The maximum Gasteiger partial charge on any atom is 0.308 e. The molecule has 0 bridgehead atoms. The number of ether oxygens (including phenoxy) is 1. The number of unbranched alkanes of at least 4 members (excludes halogenated alkanes) is 9. The summed E-state index contributed by atoms with van der Waals surface area (Å²) in [5.41, 5.74) is 0. The van der Waals surface area contributed by atoms with Crippen molar-refractivity contribution < 1.29 is 18.8 Å². The lowest BCUT2D eigenvalue weighted by Gasteiger charge is -2.38. The molecule has 0 saturated carbocycles. The number of thioether (sulfide) groups is 1. The summed E-state index contributed by atoms with van der Waals surface area (Å²) in [4.78, 5) is 24.8. The molecule has 0 aromatic heterocycles. The maximum atomic E-state index is 12.5. The van der Waals surface area contributed by atoms with Gasteiger partial charge in [-0.25, -0.2) is 0 Å². The molecular weight excluding hydrogens is 525 g/mol. The van der Waals surface area contributed by atoms with Crippen LogP contribution in [0.1, 0.15) is 111 Å². The number of carbonyl (C=O) groups excluding carboxylic acids is 2. The summed E-state index contributed by atoms with van der Waals surface area (Å²) in [6.45, 7) is 20.7. The second-order valence-corrected chi connectivity index (χ2v) is 25.1. The third-order valence-corrected chi connectivity index (χ3v) is 14.5. The van der Waals surface area contributed by atoms with Crippen LogP contribution in [0.25, 0.3) is 0 Å². The largest absolute Gasteiger partial charge is 0.466 e. The van der Waals surface area contributed by atoms with E-state index in [0.29, 0.717) is 18.1 Å². The molecule has 0 aliphatic carbocycles. The number of rotatable bonds is 22. The average Bonchev–Trinajstić information content (AvgIpc) is 2.78.